The van der Waals surface area contributed by atoms with Crippen molar-refractivity contribution in [3.8, 4) is 0 Å². The molecule has 1 fully saturated rings. The van der Waals surface area contributed by atoms with Gasteiger partial charge < -0.3 is 5.11 Å². The van der Waals surface area contributed by atoms with Crippen LogP contribution in [0.15, 0.2) is 17.5 Å². The number of aliphatic hydroxyl groups excluding tert-OH is 1. The first kappa shape index (κ1) is 10.2. The molecule has 0 saturated heterocycles. The van der Waals surface area contributed by atoms with Gasteiger partial charge in [0.05, 0.1) is 0 Å². The molecule has 0 aliphatic heterocycles. The summed E-state index contributed by atoms with van der Waals surface area (Å²) in [5.74, 6) is 0. The Bertz CT molecular complexity index is 260. The molecule has 2 rings (SSSR count). The van der Waals surface area contributed by atoms with Gasteiger partial charge in [0.2, 0.25) is 0 Å². The number of hydrogen-bond donors (Lipinski definition) is 1. The number of aliphatic hydroxyl groups is 1. The molecule has 0 spiro atoms. The van der Waals surface area contributed by atoms with E-state index in [9.17, 15) is 5.11 Å². The van der Waals surface area contributed by atoms with Crippen molar-refractivity contribution in [2.75, 3.05) is 6.61 Å². The van der Waals surface area contributed by atoms with Crippen molar-refractivity contribution >= 4 is 11.3 Å². The van der Waals surface area contributed by atoms with Crippen LogP contribution in [-0.4, -0.2) is 11.7 Å². The van der Waals surface area contributed by atoms with Crippen molar-refractivity contribution in [3.05, 3.63) is 22.4 Å². The lowest BCUT2D eigenvalue weighted by Crippen LogP contribution is -2.30. The summed E-state index contributed by atoms with van der Waals surface area (Å²) in [6.07, 6.45) is 7.45. The Kier molecular flexibility index (Phi) is 3.24. The predicted octanol–water partition coefficient (Wildman–Crippen LogP) is 3.23. The molecule has 1 aliphatic carbocycles. The van der Waals surface area contributed by atoms with Crippen LogP contribution in [0.25, 0.3) is 0 Å². The van der Waals surface area contributed by atoms with Crippen molar-refractivity contribution in [2.24, 2.45) is 5.41 Å². The Morgan fingerprint density at radius 3 is 2.64 bits per heavy atom. The Balaban J connectivity index is 2.04. The molecule has 1 aliphatic rings. The van der Waals surface area contributed by atoms with Gasteiger partial charge in [0, 0.05) is 11.5 Å². The van der Waals surface area contributed by atoms with E-state index in [1.807, 2.05) is 11.3 Å². The minimum atomic E-state index is 0.211. The quantitative estimate of drug-likeness (QED) is 0.812. The van der Waals surface area contributed by atoms with Gasteiger partial charge in [-0.3, -0.25) is 0 Å². The highest BCUT2D eigenvalue weighted by atomic mass is 32.1. The van der Waals surface area contributed by atoms with E-state index in [2.05, 4.69) is 17.5 Å². The largest absolute Gasteiger partial charge is 0.396 e. The third kappa shape index (κ3) is 2.18. The molecule has 0 unspecified atom stereocenters. The number of rotatable bonds is 3. The molecule has 1 aromatic rings. The van der Waals surface area contributed by atoms with Crippen LogP contribution >= 0.6 is 11.3 Å². The van der Waals surface area contributed by atoms with Crippen molar-refractivity contribution in [1.82, 2.24) is 0 Å². The van der Waals surface area contributed by atoms with Gasteiger partial charge in [0.1, 0.15) is 0 Å². The van der Waals surface area contributed by atoms with Gasteiger partial charge in [-0.15, -0.1) is 11.3 Å². The summed E-state index contributed by atoms with van der Waals surface area (Å²) < 4.78 is 0. The minimum absolute atomic E-state index is 0.211. The smallest absolute Gasteiger partial charge is 0.0490 e. The van der Waals surface area contributed by atoms with Gasteiger partial charge in [-0.25, -0.2) is 0 Å². The monoisotopic (exact) mass is 210 g/mol. The first-order chi connectivity index (χ1) is 6.85. The molecular formula is C12H18OS. The van der Waals surface area contributed by atoms with Gasteiger partial charge >= 0.3 is 0 Å². The predicted molar refractivity (Wildman–Crippen MR) is 60.6 cm³/mol. The van der Waals surface area contributed by atoms with E-state index in [4.69, 9.17) is 0 Å². The fourth-order valence-corrected chi connectivity index (χ4v) is 3.35. The fourth-order valence-electron chi connectivity index (χ4n) is 2.48. The zero-order valence-corrected chi connectivity index (χ0v) is 9.35. The molecule has 1 aromatic heterocycles. The van der Waals surface area contributed by atoms with Crippen LogP contribution in [0.1, 0.15) is 37.0 Å². The van der Waals surface area contributed by atoms with Crippen LogP contribution in [0.3, 0.4) is 0 Å². The van der Waals surface area contributed by atoms with E-state index in [0.717, 1.165) is 6.42 Å². The normalized spacial score (nSPS) is 20.9. The van der Waals surface area contributed by atoms with Crippen LogP contribution in [-0.2, 0) is 6.42 Å². The Hall–Kier alpha value is -0.340. The molecule has 78 valence electrons. The second-order valence-corrected chi connectivity index (χ2v) is 5.51. The third-order valence-corrected chi connectivity index (χ3v) is 4.26. The molecule has 0 aromatic carbocycles. The van der Waals surface area contributed by atoms with Crippen molar-refractivity contribution in [2.45, 2.75) is 38.5 Å². The molecule has 0 amide bonds. The highest BCUT2D eigenvalue weighted by Crippen LogP contribution is 2.39. The van der Waals surface area contributed by atoms with Gasteiger partial charge in [0.15, 0.2) is 0 Å². The molecule has 1 nitrogen and oxygen atoms in total. The molecule has 0 atom stereocenters. The number of thiophene rings is 1. The molecule has 0 bridgehead atoms. The van der Waals surface area contributed by atoms with E-state index < -0.39 is 0 Å². The van der Waals surface area contributed by atoms with Crippen LogP contribution in [0.5, 0.6) is 0 Å². The van der Waals surface area contributed by atoms with Crippen molar-refractivity contribution in [3.63, 3.8) is 0 Å². The summed E-state index contributed by atoms with van der Waals surface area (Å²) in [6.45, 7) is 0.366. The average molecular weight is 210 g/mol. The van der Waals surface area contributed by atoms with Crippen molar-refractivity contribution in [1.29, 1.82) is 0 Å². The van der Waals surface area contributed by atoms with E-state index in [1.165, 1.54) is 37.0 Å². The topological polar surface area (TPSA) is 20.2 Å². The zero-order valence-electron chi connectivity index (χ0n) is 8.54. The maximum Gasteiger partial charge on any atom is 0.0490 e. The van der Waals surface area contributed by atoms with E-state index in [-0.39, 0.29) is 5.41 Å². The maximum atomic E-state index is 9.54. The highest BCUT2D eigenvalue weighted by molar-refractivity contribution is 7.09. The van der Waals surface area contributed by atoms with Crippen LogP contribution in [0.4, 0.5) is 0 Å². The van der Waals surface area contributed by atoms with Gasteiger partial charge in [-0.2, -0.15) is 0 Å². The molecule has 1 saturated carbocycles. The summed E-state index contributed by atoms with van der Waals surface area (Å²) in [7, 11) is 0. The SMILES string of the molecule is OCC1(Cc2cccs2)CCCCC1. The summed E-state index contributed by atoms with van der Waals surface area (Å²) in [4.78, 5) is 1.43. The van der Waals surface area contributed by atoms with Gasteiger partial charge in [-0.1, -0.05) is 25.3 Å². The van der Waals surface area contributed by atoms with E-state index in [0.29, 0.717) is 6.61 Å². The van der Waals surface area contributed by atoms with Crippen LogP contribution in [0.2, 0.25) is 0 Å². The first-order valence-corrected chi connectivity index (χ1v) is 6.36. The highest BCUT2D eigenvalue weighted by Gasteiger charge is 2.31. The molecule has 1 N–H and O–H groups in total. The summed E-state index contributed by atoms with van der Waals surface area (Å²) in [5, 5.41) is 11.7. The molecule has 0 radical (unpaired) electrons. The fraction of sp³-hybridized carbons (Fsp3) is 0.667. The standard InChI is InChI=1S/C12H18OS/c13-10-12(6-2-1-3-7-12)9-11-5-4-8-14-11/h4-5,8,13H,1-3,6-7,9-10H2. The second kappa shape index (κ2) is 4.45. The number of hydrogen-bond acceptors (Lipinski definition) is 2. The molecule has 1 heterocycles. The van der Waals surface area contributed by atoms with Crippen LogP contribution < -0.4 is 0 Å². The Morgan fingerprint density at radius 2 is 2.07 bits per heavy atom. The van der Waals surface area contributed by atoms with E-state index in [1.54, 1.807) is 0 Å². The summed E-state index contributed by atoms with van der Waals surface area (Å²) >= 11 is 1.82. The lowest BCUT2D eigenvalue weighted by molar-refractivity contribution is 0.0831. The Morgan fingerprint density at radius 1 is 1.29 bits per heavy atom. The molecule has 14 heavy (non-hydrogen) atoms. The minimum Gasteiger partial charge on any atom is -0.396 e. The average Bonchev–Trinajstić information content (AvgIpc) is 2.72. The van der Waals surface area contributed by atoms with Crippen molar-refractivity contribution < 1.29 is 5.11 Å². The summed E-state index contributed by atoms with van der Waals surface area (Å²) in [6, 6.07) is 4.30. The lowest BCUT2D eigenvalue weighted by atomic mass is 9.72. The van der Waals surface area contributed by atoms with E-state index >= 15 is 0 Å². The molecular weight excluding hydrogens is 192 g/mol. The summed E-state index contributed by atoms with van der Waals surface area (Å²) in [5.41, 5.74) is 0.211. The van der Waals surface area contributed by atoms with Gasteiger partial charge in [-0.05, 0) is 36.1 Å². The lowest BCUT2D eigenvalue weighted by Gasteiger charge is -2.35. The third-order valence-electron chi connectivity index (χ3n) is 3.38. The zero-order chi connectivity index (χ0) is 9.86. The van der Waals surface area contributed by atoms with Gasteiger partial charge in [0.25, 0.3) is 0 Å². The molecule has 2 heteroatoms. The maximum absolute atomic E-state index is 9.54. The second-order valence-electron chi connectivity index (χ2n) is 4.47. The first-order valence-electron chi connectivity index (χ1n) is 5.48. The van der Waals surface area contributed by atoms with Crippen LogP contribution in [0, 0.1) is 5.41 Å². The Labute approximate surface area is 89.8 Å².